The van der Waals surface area contributed by atoms with Crippen LogP contribution in [0.15, 0.2) is 28.8 Å². The van der Waals surface area contributed by atoms with E-state index in [4.69, 9.17) is 4.52 Å². The number of nitrogens with one attached hydrogen (secondary N) is 1. The molecule has 1 aromatic carbocycles. The normalized spacial score (nSPS) is 21.4. The number of nitrogens with zero attached hydrogens (tertiary/aromatic N) is 4. The molecule has 1 fully saturated rings. The molecule has 186 valence electrons. The fraction of sp³-hybridized carbons (Fsp3) is 0.630. The Balaban J connectivity index is 1.67. The number of benzene rings is 1. The molecule has 3 heterocycles. The number of para-hydroxylation sites is 1. The summed E-state index contributed by atoms with van der Waals surface area (Å²) in [5, 5.41) is 7.90. The van der Waals surface area contributed by atoms with Gasteiger partial charge in [-0.05, 0) is 70.8 Å². The van der Waals surface area contributed by atoms with E-state index < -0.39 is 0 Å². The van der Waals surface area contributed by atoms with Crippen LogP contribution in [0.1, 0.15) is 66.9 Å². The molecular weight excluding hydrogens is 426 g/mol. The van der Waals surface area contributed by atoms with Crippen molar-refractivity contribution in [2.45, 2.75) is 71.6 Å². The van der Waals surface area contributed by atoms with Crippen LogP contribution in [-0.2, 0) is 13.1 Å². The van der Waals surface area contributed by atoms with Gasteiger partial charge in [0.2, 0.25) is 0 Å². The van der Waals surface area contributed by atoms with E-state index in [2.05, 4.69) is 58.4 Å². The Morgan fingerprint density at radius 3 is 2.74 bits per heavy atom. The molecule has 1 N–H and O–H groups in total. The molecule has 0 saturated carbocycles. The summed E-state index contributed by atoms with van der Waals surface area (Å²) in [6.07, 6.45) is 4.65. The maximum absolute atomic E-state index is 14.0. The van der Waals surface area contributed by atoms with Crippen LogP contribution >= 0.6 is 0 Å². The van der Waals surface area contributed by atoms with Crippen LogP contribution in [0.25, 0.3) is 0 Å². The number of fused-ring (bicyclic) bond motifs is 3. The summed E-state index contributed by atoms with van der Waals surface area (Å²) in [6, 6.07) is 9.32. The van der Waals surface area contributed by atoms with Crippen molar-refractivity contribution >= 4 is 11.6 Å². The molecule has 0 spiro atoms. The van der Waals surface area contributed by atoms with E-state index in [0.29, 0.717) is 36.8 Å². The van der Waals surface area contributed by atoms with Gasteiger partial charge in [0.1, 0.15) is 5.76 Å². The molecule has 34 heavy (non-hydrogen) atoms. The number of rotatable bonds is 6. The smallest absolute Gasteiger partial charge is 0.276 e. The topological polar surface area (TPSA) is 64.9 Å². The molecule has 2 aliphatic heterocycles. The maximum atomic E-state index is 14.0. The Hall–Kier alpha value is -2.38. The summed E-state index contributed by atoms with van der Waals surface area (Å²) in [6.45, 7) is 10.4. The number of hydrogen-bond acceptors (Lipinski definition) is 6. The lowest BCUT2D eigenvalue weighted by molar-refractivity contribution is 0.0654. The predicted octanol–water partition coefficient (Wildman–Crippen LogP) is 4.38. The molecule has 2 bridgehead atoms. The van der Waals surface area contributed by atoms with Gasteiger partial charge in [0.25, 0.3) is 5.91 Å². The molecule has 2 aliphatic rings. The molecule has 2 aromatic rings. The molecule has 7 heteroatoms. The number of amides is 1. The number of carbonyl (C=O) groups excluding carboxylic acids is 1. The highest BCUT2D eigenvalue weighted by Gasteiger charge is 2.36. The van der Waals surface area contributed by atoms with E-state index in [9.17, 15) is 4.79 Å². The van der Waals surface area contributed by atoms with Crippen molar-refractivity contribution < 1.29 is 9.32 Å². The van der Waals surface area contributed by atoms with E-state index in [-0.39, 0.29) is 5.91 Å². The highest BCUT2D eigenvalue weighted by Crippen LogP contribution is 2.31. The second-order valence-corrected chi connectivity index (χ2v) is 10.7. The van der Waals surface area contributed by atoms with Crippen molar-refractivity contribution in [1.82, 2.24) is 19.9 Å². The standard InChI is InChI=1S/C27H41N5O2/c1-19(2)13-15-32-22-10-11-23(32)17-31(16-21-8-6-7-9-25(21)28-14-12-22)27(33)26-24(18-30(4)5)20(3)34-29-26/h6-9,19,22-23,28H,10-18H2,1-5H3/t22-,23+/m1/s1. The first kappa shape index (κ1) is 24.7. The third-order valence-electron chi connectivity index (χ3n) is 7.29. The minimum absolute atomic E-state index is 0.0324. The Morgan fingerprint density at radius 1 is 1.21 bits per heavy atom. The van der Waals surface area contributed by atoms with Crippen LogP contribution in [0, 0.1) is 12.8 Å². The van der Waals surface area contributed by atoms with Crippen LogP contribution < -0.4 is 5.32 Å². The van der Waals surface area contributed by atoms with Crippen molar-refractivity contribution in [1.29, 1.82) is 0 Å². The van der Waals surface area contributed by atoms with Crippen LogP contribution in [-0.4, -0.2) is 71.6 Å². The van der Waals surface area contributed by atoms with Gasteiger partial charge in [-0.15, -0.1) is 0 Å². The van der Waals surface area contributed by atoms with E-state index in [0.717, 1.165) is 55.1 Å². The van der Waals surface area contributed by atoms with Crippen LogP contribution in [0.4, 0.5) is 5.69 Å². The fourth-order valence-corrected chi connectivity index (χ4v) is 5.39. The van der Waals surface area contributed by atoms with E-state index in [1.165, 1.54) is 12.8 Å². The Labute approximate surface area is 204 Å². The monoisotopic (exact) mass is 467 g/mol. The van der Waals surface area contributed by atoms with Crippen molar-refractivity contribution in [3.05, 3.63) is 46.8 Å². The summed E-state index contributed by atoms with van der Waals surface area (Å²) >= 11 is 0. The van der Waals surface area contributed by atoms with E-state index >= 15 is 0 Å². The molecule has 4 rings (SSSR count). The summed E-state index contributed by atoms with van der Waals surface area (Å²) in [5.41, 5.74) is 3.61. The quantitative estimate of drug-likeness (QED) is 0.680. The second kappa shape index (κ2) is 10.9. The number of aromatic nitrogens is 1. The number of aryl methyl sites for hydroxylation is 1. The minimum atomic E-state index is -0.0324. The number of hydrogen-bond donors (Lipinski definition) is 1. The van der Waals surface area contributed by atoms with Gasteiger partial charge in [0, 0.05) is 49.5 Å². The summed E-state index contributed by atoms with van der Waals surface area (Å²) < 4.78 is 5.50. The van der Waals surface area contributed by atoms with E-state index in [1.807, 2.05) is 25.9 Å². The lowest BCUT2D eigenvalue weighted by Crippen LogP contribution is -2.46. The van der Waals surface area contributed by atoms with Crippen molar-refractivity contribution in [3.63, 3.8) is 0 Å². The largest absolute Gasteiger partial charge is 0.385 e. The lowest BCUT2D eigenvalue weighted by atomic mass is 10.1. The third-order valence-corrected chi connectivity index (χ3v) is 7.29. The van der Waals surface area contributed by atoms with Gasteiger partial charge in [0.15, 0.2) is 5.69 Å². The van der Waals surface area contributed by atoms with Gasteiger partial charge in [-0.1, -0.05) is 37.2 Å². The predicted molar refractivity (Wildman–Crippen MR) is 136 cm³/mol. The minimum Gasteiger partial charge on any atom is -0.385 e. The fourth-order valence-electron chi connectivity index (χ4n) is 5.39. The number of carbonyl (C=O) groups is 1. The highest BCUT2D eigenvalue weighted by molar-refractivity contribution is 5.94. The summed E-state index contributed by atoms with van der Waals surface area (Å²) in [5.74, 6) is 1.36. The van der Waals surface area contributed by atoms with Gasteiger partial charge in [0.05, 0.1) is 0 Å². The first-order valence-electron chi connectivity index (χ1n) is 12.8. The first-order valence-corrected chi connectivity index (χ1v) is 12.8. The van der Waals surface area contributed by atoms with Gasteiger partial charge in [-0.25, -0.2) is 0 Å². The van der Waals surface area contributed by atoms with Crippen molar-refractivity contribution in [3.8, 4) is 0 Å². The average Bonchev–Trinajstić information content (AvgIpc) is 3.33. The zero-order chi connectivity index (χ0) is 24.2. The van der Waals surface area contributed by atoms with Crippen LogP contribution in [0.2, 0.25) is 0 Å². The molecule has 0 aliphatic carbocycles. The molecule has 0 unspecified atom stereocenters. The molecule has 2 atom stereocenters. The zero-order valence-electron chi connectivity index (χ0n) is 21.5. The summed E-state index contributed by atoms with van der Waals surface area (Å²) in [7, 11) is 4.00. The van der Waals surface area contributed by atoms with E-state index in [1.54, 1.807) is 0 Å². The Kier molecular flexibility index (Phi) is 7.94. The molecule has 7 nitrogen and oxygen atoms in total. The van der Waals surface area contributed by atoms with Crippen molar-refractivity contribution in [2.24, 2.45) is 5.92 Å². The molecule has 0 radical (unpaired) electrons. The second-order valence-electron chi connectivity index (χ2n) is 10.7. The molecule has 1 amide bonds. The Bertz CT molecular complexity index is 970. The van der Waals surface area contributed by atoms with Gasteiger partial charge < -0.3 is 19.6 Å². The van der Waals surface area contributed by atoms with Crippen LogP contribution in [0.5, 0.6) is 0 Å². The Morgan fingerprint density at radius 2 is 1.97 bits per heavy atom. The van der Waals surface area contributed by atoms with Gasteiger partial charge >= 0.3 is 0 Å². The van der Waals surface area contributed by atoms with Crippen LogP contribution in [0.3, 0.4) is 0 Å². The lowest BCUT2D eigenvalue weighted by Gasteiger charge is -2.34. The van der Waals surface area contributed by atoms with Gasteiger partial charge in [-0.3, -0.25) is 9.69 Å². The zero-order valence-corrected chi connectivity index (χ0v) is 21.5. The van der Waals surface area contributed by atoms with Crippen molar-refractivity contribution in [2.75, 3.05) is 39.0 Å². The maximum Gasteiger partial charge on any atom is 0.276 e. The van der Waals surface area contributed by atoms with Gasteiger partial charge in [-0.2, -0.15) is 0 Å². The first-order chi connectivity index (χ1) is 16.3. The third kappa shape index (κ3) is 5.63. The molecule has 1 saturated heterocycles. The molecule has 1 aromatic heterocycles. The molecular formula is C27H41N5O2. The SMILES string of the molecule is Cc1onc(C(=O)N2Cc3ccccc3NCC[C@H]3CC[C@@H](C2)N3CCC(C)C)c1CN(C)C. The summed E-state index contributed by atoms with van der Waals surface area (Å²) in [4.78, 5) is 20.7. The number of anilines is 1. The average molecular weight is 468 g/mol. The highest BCUT2D eigenvalue weighted by atomic mass is 16.5.